The van der Waals surface area contributed by atoms with Crippen molar-refractivity contribution < 1.29 is 14.6 Å². The lowest BCUT2D eigenvalue weighted by Gasteiger charge is -2.02. The second-order valence-corrected chi connectivity index (χ2v) is 2.63. The second kappa shape index (κ2) is 4.07. The first-order valence-electron chi connectivity index (χ1n) is 3.40. The SMILES string of the molecule is O=COc1cc(CP)ccc1O. The minimum absolute atomic E-state index is 0.0238. The summed E-state index contributed by atoms with van der Waals surface area (Å²) in [5, 5.41) is 9.17. The summed E-state index contributed by atoms with van der Waals surface area (Å²) in [6, 6.07) is 4.88. The molecule has 0 aliphatic carbocycles. The lowest BCUT2D eigenvalue weighted by atomic mass is 10.2. The van der Waals surface area contributed by atoms with Crippen LogP contribution in [0.15, 0.2) is 18.2 Å². The lowest BCUT2D eigenvalue weighted by Crippen LogP contribution is -1.89. The van der Waals surface area contributed by atoms with Crippen LogP contribution in [0.25, 0.3) is 0 Å². The first-order chi connectivity index (χ1) is 5.77. The Morgan fingerprint density at radius 2 is 2.33 bits per heavy atom. The number of carbonyl (C=O) groups is 1. The van der Waals surface area contributed by atoms with Crippen molar-refractivity contribution in [3.8, 4) is 11.5 Å². The predicted molar refractivity (Wildman–Crippen MR) is 48.2 cm³/mol. The van der Waals surface area contributed by atoms with Crippen molar-refractivity contribution >= 4 is 15.7 Å². The number of aromatic hydroxyl groups is 1. The fourth-order valence-electron chi connectivity index (χ4n) is 0.832. The Balaban J connectivity index is 2.99. The monoisotopic (exact) mass is 184 g/mol. The van der Waals surface area contributed by atoms with E-state index < -0.39 is 0 Å². The van der Waals surface area contributed by atoms with Gasteiger partial charge in [-0.25, -0.2) is 0 Å². The van der Waals surface area contributed by atoms with Crippen molar-refractivity contribution in [1.29, 1.82) is 0 Å². The van der Waals surface area contributed by atoms with Crippen molar-refractivity contribution in [3.63, 3.8) is 0 Å². The molecule has 0 saturated carbocycles. The summed E-state index contributed by atoms with van der Waals surface area (Å²) in [6.07, 6.45) is 0.759. The van der Waals surface area contributed by atoms with Gasteiger partial charge >= 0.3 is 0 Å². The molecule has 0 amide bonds. The van der Waals surface area contributed by atoms with Gasteiger partial charge in [-0.3, -0.25) is 4.79 Å². The van der Waals surface area contributed by atoms with Gasteiger partial charge in [-0.15, -0.1) is 9.24 Å². The predicted octanol–water partition coefficient (Wildman–Crippen LogP) is 1.30. The fourth-order valence-corrected chi connectivity index (χ4v) is 1.09. The van der Waals surface area contributed by atoms with Crippen molar-refractivity contribution in [2.24, 2.45) is 0 Å². The maximum Gasteiger partial charge on any atom is 0.298 e. The van der Waals surface area contributed by atoms with Crippen LogP contribution in [-0.4, -0.2) is 11.6 Å². The van der Waals surface area contributed by atoms with Gasteiger partial charge in [-0.05, 0) is 23.9 Å². The van der Waals surface area contributed by atoms with Crippen LogP contribution in [0.5, 0.6) is 11.5 Å². The number of rotatable bonds is 3. The number of carbonyl (C=O) groups excluding carboxylic acids is 1. The topological polar surface area (TPSA) is 46.5 Å². The Morgan fingerprint density at radius 3 is 2.92 bits per heavy atom. The zero-order chi connectivity index (χ0) is 8.97. The lowest BCUT2D eigenvalue weighted by molar-refractivity contribution is -0.120. The zero-order valence-electron chi connectivity index (χ0n) is 6.36. The first-order valence-corrected chi connectivity index (χ1v) is 4.22. The number of phenolic OH excluding ortho intramolecular Hbond substituents is 1. The molecule has 0 heterocycles. The number of ether oxygens (including phenoxy) is 1. The fraction of sp³-hybridized carbons (Fsp3) is 0.125. The highest BCUT2D eigenvalue weighted by atomic mass is 31.0. The normalized spacial score (nSPS) is 9.42. The Hall–Kier alpha value is -1.08. The molecule has 1 unspecified atom stereocenters. The molecule has 64 valence electrons. The van der Waals surface area contributed by atoms with Gasteiger partial charge in [0.25, 0.3) is 6.47 Å². The van der Waals surface area contributed by atoms with Gasteiger partial charge < -0.3 is 9.84 Å². The standard InChI is InChI=1S/C8H9O3P/c9-5-11-8-3-6(4-12)1-2-7(8)10/h1-3,5,10H,4,12H2. The van der Waals surface area contributed by atoms with Crippen molar-refractivity contribution in [2.75, 3.05) is 0 Å². The van der Waals surface area contributed by atoms with Crippen LogP contribution < -0.4 is 4.74 Å². The van der Waals surface area contributed by atoms with Crippen LogP contribution in [0.1, 0.15) is 5.56 Å². The van der Waals surface area contributed by atoms with E-state index in [4.69, 9.17) is 0 Å². The largest absolute Gasteiger partial charge is 0.504 e. The highest BCUT2D eigenvalue weighted by Gasteiger charge is 2.01. The second-order valence-electron chi connectivity index (χ2n) is 2.22. The van der Waals surface area contributed by atoms with Crippen LogP contribution in [-0.2, 0) is 11.0 Å². The first kappa shape index (κ1) is 9.01. The number of hydrogen-bond donors (Lipinski definition) is 1. The van der Waals surface area contributed by atoms with E-state index in [-0.39, 0.29) is 11.5 Å². The van der Waals surface area contributed by atoms with Crippen LogP contribution >= 0.6 is 9.24 Å². The molecule has 0 aromatic heterocycles. The van der Waals surface area contributed by atoms with E-state index in [1.807, 2.05) is 0 Å². The minimum Gasteiger partial charge on any atom is -0.504 e. The van der Waals surface area contributed by atoms with Gasteiger partial charge in [0.05, 0.1) is 0 Å². The van der Waals surface area contributed by atoms with E-state index in [0.29, 0.717) is 6.47 Å². The molecular weight excluding hydrogens is 175 g/mol. The summed E-state index contributed by atoms with van der Waals surface area (Å²) in [6.45, 7) is 0.293. The molecule has 1 rings (SSSR count). The number of benzene rings is 1. The summed E-state index contributed by atoms with van der Waals surface area (Å²) in [5.74, 6) is 0.175. The van der Waals surface area contributed by atoms with Crippen molar-refractivity contribution in [1.82, 2.24) is 0 Å². The smallest absolute Gasteiger partial charge is 0.298 e. The maximum atomic E-state index is 9.99. The summed E-state index contributed by atoms with van der Waals surface area (Å²) >= 11 is 0. The number of phenols is 1. The third-order valence-corrected chi connectivity index (χ3v) is 1.91. The average molecular weight is 184 g/mol. The maximum absolute atomic E-state index is 9.99. The molecule has 0 fully saturated rings. The molecule has 4 heteroatoms. The summed E-state index contributed by atoms with van der Waals surface area (Å²) < 4.78 is 4.54. The van der Waals surface area contributed by atoms with Crippen LogP contribution in [0.4, 0.5) is 0 Å². The molecule has 0 saturated heterocycles. The molecule has 1 N–H and O–H groups in total. The van der Waals surface area contributed by atoms with E-state index >= 15 is 0 Å². The molecule has 0 bridgehead atoms. The highest BCUT2D eigenvalue weighted by molar-refractivity contribution is 7.15. The molecule has 1 atom stereocenters. The molecule has 0 aliphatic heterocycles. The molecule has 12 heavy (non-hydrogen) atoms. The molecule has 3 nitrogen and oxygen atoms in total. The third-order valence-electron chi connectivity index (χ3n) is 1.44. The van der Waals surface area contributed by atoms with Gasteiger partial charge in [0.1, 0.15) is 0 Å². The number of hydrogen-bond acceptors (Lipinski definition) is 3. The van der Waals surface area contributed by atoms with E-state index in [0.717, 1.165) is 11.7 Å². The van der Waals surface area contributed by atoms with E-state index in [1.54, 1.807) is 12.1 Å². The third kappa shape index (κ3) is 1.95. The molecule has 1 aromatic rings. The summed E-state index contributed by atoms with van der Waals surface area (Å²) in [5.41, 5.74) is 0.981. The Bertz CT molecular complexity index is 286. The molecule has 0 spiro atoms. The van der Waals surface area contributed by atoms with Crippen LogP contribution in [0.3, 0.4) is 0 Å². The van der Waals surface area contributed by atoms with E-state index in [1.165, 1.54) is 6.07 Å². The highest BCUT2D eigenvalue weighted by Crippen LogP contribution is 2.26. The average Bonchev–Trinajstić information content (AvgIpc) is 2.09. The van der Waals surface area contributed by atoms with Crippen LogP contribution in [0, 0.1) is 0 Å². The van der Waals surface area contributed by atoms with Gasteiger partial charge in [0.2, 0.25) is 0 Å². The quantitative estimate of drug-likeness (QED) is 0.569. The van der Waals surface area contributed by atoms with Crippen molar-refractivity contribution in [3.05, 3.63) is 23.8 Å². The summed E-state index contributed by atoms with van der Waals surface area (Å²) in [7, 11) is 2.54. The van der Waals surface area contributed by atoms with Crippen LogP contribution in [0.2, 0.25) is 0 Å². The molecule has 0 aliphatic rings. The van der Waals surface area contributed by atoms with Gasteiger partial charge in [0, 0.05) is 0 Å². The minimum atomic E-state index is -0.0238. The Labute approximate surface area is 72.6 Å². The van der Waals surface area contributed by atoms with Gasteiger partial charge in [-0.1, -0.05) is 6.07 Å². The van der Waals surface area contributed by atoms with Gasteiger partial charge in [0.15, 0.2) is 11.5 Å². The zero-order valence-corrected chi connectivity index (χ0v) is 7.51. The Morgan fingerprint density at radius 1 is 1.58 bits per heavy atom. The van der Waals surface area contributed by atoms with E-state index in [9.17, 15) is 9.90 Å². The molecule has 1 aromatic carbocycles. The van der Waals surface area contributed by atoms with Crippen molar-refractivity contribution in [2.45, 2.75) is 6.16 Å². The van der Waals surface area contributed by atoms with E-state index in [2.05, 4.69) is 14.0 Å². The Kier molecular flexibility index (Phi) is 3.06. The summed E-state index contributed by atoms with van der Waals surface area (Å²) in [4.78, 5) is 9.99. The molecular formula is C8H9O3P. The van der Waals surface area contributed by atoms with Gasteiger partial charge in [-0.2, -0.15) is 0 Å². The molecule has 0 radical (unpaired) electrons.